The minimum absolute atomic E-state index is 0.248. The van der Waals surface area contributed by atoms with Gasteiger partial charge in [0, 0.05) is 17.6 Å². The van der Waals surface area contributed by atoms with Crippen molar-refractivity contribution in [2.75, 3.05) is 7.11 Å². The van der Waals surface area contributed by atoms with Crippen LogP contribution in [0.15, 0.2) is 35.5 Å². The summed E-state index contributed by atoms with van der Waals surface area (Å²) in [5, 5.41) is 3.69. The maximum Gasteiger partial charge on any atom is 0.337 e. The van der Waals surface area contributed by atoms with E-state index in [1.54, 1.807) is 31.2 Å². The van der Waals surface area contributed by atoms with Crippen LogP contribution >= 0.6 is 23.8 Å². The SMILES string of the molecule is COC(=O)C1=C(C)NC(=S)N(C(C)=O)C1c1ccc(Cl)cc1. The minimum Gasteiger partial charge on any atom is -0.466 e. The number of amides is 1. The number of benzene rings is 1. The van der Waals surface area contributed by atoms with Crippen LogP contribution in [-0.4, -0.2) is 29.0 Å². The summed E-state index contributed by atoms with van der Waals surface area (Å²) in [7, 11) is 1.30. The Morgan fingerprint density at radius 1 is 1.32 bits per heavy atom. The fourth-order valence-electron chi connectivity index (χ4n) is 2.40. The smallest absolute Gasteiger partial charge is 0.337 e. The van der Waals surface area contributed by atoms with E-state index in [4.69, 9.17) is 28.6 Å². The standard InChI is InChI=1S/C15H15ClN2O3S/c1-8-12(14(20)21-3)13(10-4-6-11(16)7-5-10)18(9(2)19)15(22)17-8/h4-7,13H,1-3H3,(H,17,22). The number of thiocarbonyl (C=S) groups is 1. The highest BCUT2D eigenvalue weighted by atomic mass is 35.5. The monoisotopic (exact) mass is 338 g/mol. The van der Waals surface area contributed by atoms with Gasteiger partial charge in [0.25, 0.3) is 0 Å². The normalized spacial score (nSPS) is 18.1. The third-order valence-corrected chi connectivity index (χ3v) is 3.93. The fourth-order valence-corrected chi connectivity index (χ4v) is 2.91. The molecule has 0 fully saturated rings. The van der Waals surface area contributed by atoms with Gasteiger partial charge in [-0.3, -0.25) is 9.69 Å². The number of nitrogens with zero attached hydrogens (tertiary/aromatic N) is 1. The van der Waals surface area contributed by atoms with Crippen LogP contribution in [0.2, 0.25) is 5.02 Å². The van der Waals surface area contributed by atoms with Crippen molar-refractivity contribution in [2.24, 2.45) is 0 Å². The molecular formula is C15H15ClN2O3S. The summed E-state index contributed by atoms with van der Waals surface area (Å²) in [6.45, 7) is 3.12. The molecule has 1 unspecified atom stereocenters. The number of halogens is 1. The minimum atomic E-state index is -0.643. The predicted molar refractivity (Wildman–Crippen MR) is 87.2 cm³/mol. The van der Waals surface area contributed by atoms with Crippen LogP contribution in [0.4, 0.5) is 0 Å². The second-order valence-electron chi connectivity index (χ2n) is 4.80. The van der Waals surface area contributed by atoms with Crippen molar-refractivity contribution in [1.82, 2.24) is 10.2 Å². The van der Waals surface area contributed by atoms with E-state index in [-0.39, 0.29) is 11.0 Å². The van der Waals surface area contributed by atoms with Gasteiger partial charge in [-0.1, -0.05) is 23.7 Å². The van der Waals surface area contributed by atoms with E-state index in [1.807, 2.05) is 0 Å². The average Bonchev–Trinajstić information content (AvgIpc) is 2.46. The average molecular weight is 339 g/mol. The molecule has 0 bridgehead atoms. The van der Waals surface area contributed by atoms with Crippen LogP contribution in [0.1, 0.15) is 25.5 Å². The summed E-state index contributed by atoms with van der Waals surface area (Å²) in [5.74, 6) is -0.787. The Kier molecular flexibility index (Phi) is 4.83. The number of allylic oxidation sites excluding steroid dienone is 1. The molecule has 0 saturated carbocycles. The van der Waals surface area contributed by atoms with Gasteiger partial charge in [-0.15, -0.1) is 0 Å². The van der Waals surface area contributed by atoms with Gasteiger partial charge in [0.05, 0.1) is 18.7 Å². The molecule has 0 spiro atoms. The van der Waals surface area contributed by atoms with Crippen LogP contribution < -0.4 is 5.32 Å². The van der Waals surface area contributed by atoms with Crippen LogP contribution in [0, 0.1) is 0 Å². The number of nitrogens with one attached hydrogen (secondary N) is 1. The molecule has 0 saturated heterocycles. The van der Waals surface area contributed by atoms with Gasteiger partial charge in [0.2, 0.25) is 5.91 Å². The van der Waals surface area contributed by atoms with E-state index in [1.165, 1.54) is 18.9 Å². The number of ether oxygens (including phenoxy) is 1. The van der Waals surface area contributed by atoms with E-state index in [9.17, 15) is 9.59 Å². The second kappa shape index (κ2) is 6.46. The second-order valence-corrected chi connectivity index (χ2v) is 5.63. The molecule has 1 atom stereocenters. The first kappa shape index (κ1) is 16.5. The fraction of sp³-hybridized carbons (Fsp3) is 0.267. The molecule has 1 aliphatic heterocycles. The zero-order valence-electron chi connectivity index (χ0n) is 12.3. The number of rotatable bonds is 2. The van der Waals surface area contributed by atoms with E-state index in [0.29, 0.717) is 16.3 Å². The Labute approximate surface area is 138 Å². The summed E-state index contributed by atoms with van der Waals surface area (Å²) in [5.41, 5.74) is 1.63. The molecule has 0 radical (unpaired) electrons. The summed E-state index contributed by atoms with van der Waals surface area (Å²) in [6.07, 6.45) is 0. The van der Waals surface area contributed by atoms with Gasteiger partial charge in [0.1, 0.15) is 0 Å². The quantitative estimate of drug-likeness (QED) is 0.663. The zero-order chi connectivity index (χ0) is 16.4. The summed E-state index contributed by atoms with van der Waals surface area (Å²) < 4.78 is 4.85. The number of methoxy groups -OCH3 is 1. The maximum atomic E-state index is 12.2. The van der Waals surface area contributed by atoms with Crippen LogP contribution in [0.3, 0.4) is 0 Å². The number of hydrogen-bond donors (Lipinski definition) is 1. The largest absolute Gasteiger partial charge is 0.466 e. The molecule has 1 aromatic rings. The van der Waals surface area contributed by atoms with Crippen LogP contribution in [-0.2, 0) is 14.3 Å². The molecule has 116 valence electrons. The van der Waals surface area contributed by atoms with E-state index >= 15 is 0 Å². The molecule has 1 heterocycles. The molecule has 1 aliphatic rings. The van der Waals surface area contributed by atoms with E-state index in [0.717, 1.165) is 5.56 Å². The van der Waals surface area contributed by atoms with Crippen molar-refractivity contribution < 1.29 is 14.3 Å². The first-order chi connectivity index (χ1) is 10.4. The number of carbonyl (C=O) groups excluding carboxylic acids is 2. The van der Waals surface area contributed by atoms with E-state index in [2.05, 4.69) is 5.32 Å². The molecule has 7 heteroatoms. The van der Waals surface area contributed by atoms with Crippen LogP contribution in [0.5, 0.6) is 0 Å². The lowest BCUT2D eigenvalue weighted by atomic mass is 9.94. The lowest BCUT2D eigenvalue weighted by Gasteiger charge is -2.37. The van der Waals surface area contributed by atoms with Crippen molar-refractivity contribution in [1.29, 1.82) is 0 Å². The van der Waals surface area contributed by atoms with Crippen molar-refractivity contribution >= 4 is 40.8 Å². The molecular weight excluding hydrogens is 324 g/mol. The Bertz CT molecular complexity index is 670. The Morgan fingerprint density at radius 2 is 1.91 bits per heavy atom. The number of carbonyl (C=O) groups is 2. The highest BCUT2D eigenvalue weighted by Crippen LogP contribution is 2.34. The molecule has 0 aliphatic carbocycles. The zero-order valence-corrected chi connectivity index (χ0v) is 13.9. The van der Waals surface area contributed by atoms with Gasteiger partial charge in [-0.05, 0) is 36.8 Å². The van der Waals surface area contributed by atoms with Gasteiger partial charge in [0.15, 0.2) is 5.11 Å². The third-order valence-electron chi connectivity index (χ3n) is 3.38. The van der Waals surface area contributed by atoms with Gasteiger partial charge in [-0.25, -0.2) is 4.79 Å². The van der Waals surface area contributed by atoms with Crippen LogP contribution in [0.25, 0.3) is 0 Å². The van der Waals surface area contributed by atoms with Crippen molar-refractivity contribution in [3.63, 3.8) is 0 Å². The first-order valence-electron chi connectivity index (χ1n) is 6.52. The molecule has 1 N–H and O–H groups in total. The van der Waals surface area contributed by atoms with Gasteiger partial charge < -0.3 is 10.1 Å². The molecule has 22 heavy (non-hydrogen) atoms. The summed E-state index contributed by atoms with van der Waals surface area (Å²) in [6, 6.07) is 6.27. The van der Waals surface area contributed by atoms with Gasteiger partial charge >= 0.3 is 5.97 Å². The Balaban J connectivity index is 2.64. The first-order valence-corrected chi connectivity index (χ1v) is 7.30. The van der Waals surface area contributed by atoms with Crippen molar-refractivity contribution in [3.8, 4) is 0 Å². The number of esters is 1. The van der Waals surface area contributed by atoms with Gasteiger partial charge in [-0.2, -0.15) is 0 Å². The third kappa shape index (κ3) is 2.98. The lowest BCUT2D eigenvalue weighted by Crippen LogP contribution is -2.50. The Hall–Kier alpha value is -1.92. The molecule has 1 amide bonds. The highest BCUT2D eigenvalue weighted by molar-refractivity contribution is 7.80. The summed E-state index contributed by atoms with van der Waals surface area (Å²) in [4.78, 5) is 25.6. The lowest BCUT2D eigenvalue weighted by molar-refractivity contribution is -0.137. The molecule has 5 nitrogen and oxygen atoms in total. The van der Waals surface area contributed by atoms with Crippen molar-refractivity contribution in [2.45, 2.75) is 19.9 Å². The maximum absolute atomic E-state index is 12.2. The Morgan fingerprint density at radius 3 is 2.41 bits per heavy atom. The van der Waals surface area contributed by atoms with E-state index < -0.39 is 12.0 Å². The highest BCUT2D eigenvalue weighted by Gasteiger charge is 2.38. The molecule has 0 aromatic heterocycles. The summed E-state index contributed by atoms with van der Waals surface area (Å²) >= 11 is 11.2. The predicted octanol–water partition coefficient (Wildman–Crippen LogP) is 2.56. The van der Waals surface area contributed by atoms with Crippen molar-refractivity contribution in [3.05, 3.63) is 46.1 Å². The molecule has 2 rings (SSSR count). The molecule has 1 aromatic carbocycles. The topological polar surface area (TPSA) is 58.6 Å². The number of hydrogen-bond acceptors (Lipinski definition) is 4.